The Balaban J connectivity index is 2.50. The van der Waals surface area contributed by atoms with Crippen LogP contribution in [0.5, 0.6) is 0 Å². The third-order valence-electron chi connectivity index (χ3n) is 2.63. The molecule has 0 spiro atoms. The molecule has 0 aromatic rings. The van der Waals surface area contributed by atoms with Crippen molar-refractivity contribution >= 4 is 5.97 Å². The van der Waals surface area contributed by atoms with Gasteiger partial charge in [0, 0.05) is 6.08 Å². The first-order chi connectivity index (χ1) is 5.18. The molecule has 0 saturated heterocycles. The summed E-state index contributed by atoms with van der Waals surface area (Å²) in [6, 6.07) is 0. The maximum absolute atomic E-state index is 10.2. The number of aliphatic carboxylic acids is 1. The molecule has 1 fully saturated rings. The molecule has 1 rings (SSSR count). The largest absolute Gasteiger partial charge is 0.478 e. The van der Waals surface area contributed by atoms with E-state index in [9.17, 15) is 4.79 Å². The van der Waals surface area contributed by atoms with E-state index in [1.165, 1.54) is 12.5 Å². The Morgan fingerprint density at radius 1 is 1.64 bits per heavy atom. The Bertz CT molecular complexity index is 172. The highest BCUT2D eigenvalue weighted by Crippen LogP contribution is 2.44. The van der Waals surface area contributed by atoms with Crippen LogP contribution in [0.25, 0.3) is 0 Å². The minimum Gasteiger partial charge on any atom is -0.478 e. The van der Waals surface area contributed by atoms with E-state index in [0.717, 1.165) is 19.3 Å². The van der Waals surface area contributed by atoms with Gasteiger partial charge >= 0.3 is 5.97 Å². The molecule has 0 aromatic carbocycles. The second-order valence-electron chi connectivity index (χ2n) is 3.24. The first-order valence-corrected chi connectivity index (χ1v) is 4.11. The van der Waals surface area contributed by atoms with Crippen LogP contribution < -0.4 is 0 Å². The summed E-state index contributed by atoms with van der Waals surface area (Å²) in [5.74, 6) is -0.829. The minimum atomic E-state index is -0.829. The first-order valence-electron chi connectivity index (χ1n) is 4.11. The van der Waals surface area contributed by atoms with E-state index in [2.05, 4.69) is 6.92 Å². The van der Waals surface area contributed by atoms with Crippen LogP contribution in [-0.4, -0.2) is 11.1 Å². The lowest BCUT2D eigenvalue weighted by atomic mass is 9.67. The van der Waals surface area contributed by atoms with Gasteiger partial charge < -0.3 is 5.11 Å². The highest BCUT2D eigenvalue weighted by Gasteiger charge is 2.32. The van der Waals surface area contributed by atoms with Gasteiger partial charge in [0.05, 0.1) is 0 Å². The quantitative estimate of drug-likeness (QED) is 0.633. The summed E-state index contributed by atoms with van der Waals surface area (Å²) in [7, 11) is 0. The van der Waals surface area contributed by atoms with Crippen LogP contribution in [0.15, 0.2) is 12.2 Å². The van der Waals surface area contributed by atoms with Crippen molar-refractivity contribution in [3.8, 4) is 0 Å². The lowest BCUT2D eigenvalue weighted by Gasteiger charge is -2.38. The van der Waals surface area contributed by atoms with Crippen LogP contribution in [0.1, 0.15) is 32.6 Å². The molecule has 2 nitrogen and oxygen atoms in total. The van der Waals surface area contributed by atoms with Gasteiger partial charge in [0.15, 0.2) is 0 Å². The summed E-state index contributed by atoms with van der Waals surface area (Å²) in [5, 5.41) is 8.41. The van der Waals surface area contributed by atoms with Crippen LogP contribution in [0.3, 0.4) is 0 Å². The van der Waals surface area contributed by atoms with E-state index in [1.54, 1.807) is 0 Å². The average Bonchev–Trinajstić information content (AvgIpc) is 1.86. The number of rotatable bonds is 3. The highest BCUT2D eigenvalue weighted by atomic mass is 16.4. The van der Waals surface area contributed by atoms with Gasteiger partial charge in [-0.3, -0.25) is 0 Å². The first kappa shape index (κ1) is 8.31. The molecule has 0 amide bonds. The molecule has 0 radical (unpaired) electrons. The van der Waals surface area contributed by atoms with Gasteiger partial charge in [-0.05, 0) is 24.7 Å². The Kier molecular flexibility index (Phi) is 2.32. The third kappa shape index (κ3) is 1.82. The van der Waals surface area contributed by atoms with Crippen molar-refractivity contribution in [2.75, 3.05) is 0 Å². The molecule has 1 N–H and O–H groups in total. The van der Waals surface area contributed by atoms with Gasteiger partial charge in [0.25, 0.3) is 0 Å². The molecule has 0 bridgehead atoms. The average molecular weight is 154 g/mol. The maximum Gasteiger partial charge on any atom is 0.327 e. The van der Waals surface area contributed by atoms with Crippen molar-refractivity contribution < 1.29 is 9.90 Å². The fourth-order valence-electron chi connectivity index (χ4n) is 1.52. The standard InChI is InChI=1S/C9H14O2/c1-2-9(5-3-6-9)7-4-8(10)11/h4,7H,2-3,5-6H2,1H3,(H,10,11)/b7-4+. The molecule has 1 aliphatic rings. The molecule has 0 unspecified atom stereocenters. The van der Waals surface area contributed by atoms with E-state index in [4.69, 9.17) is 5.11 Å². The second-order valence-corrected chi connectivity index (χ2v) is 3.24. The van der Waals surface area contributed by atoms with E-state index in [0.29, 0.717) is 0 Å². The summed E-state index contributed by atoms with van der Waals surface area (Å²) in [5.41, 5.74) is 0.235. The van der Waals surface area contributed by atoms with Crippen LogP contribution in [-0.2, 0) is 4.79 Å². The molecule has 1 saturated carbocycles. The second kappa shape index (κ2) is 3.07. The third-order valence-corrected chi connectivity index (χ3v) is 2.63. The van der Waals surface area contributed by atoms with Crippen molar-refractivity contribution in [1.29, 1.82) is 0 Å². The molecular formula is C9H14O2. The molecule has 0 aromatic heterocycles. The zero-order valence-electron chi connectivity index (χ0n) is 6.84. The molecule has 2 heteroatoms. The summed E-state index contributed by atoms with van der Waals surface area (Å²) in [4.78, 5) is 10.2. The van der Waals surface area contributed by atoms with E-state index < -0.39 is 5.97 Å². The Morgan fingerprint density at radius 2 is 2.27 bits per heavy atom. The summed E-state index contributed by atoms with van der Waals surface area (Å²) < 4.78 is 0. The fraction of sp³-hybridized carbons (Fsp3) is 0.667. The molecule has 62 valence electrons. The van der Waals surface area contributed by atoms with Crippen molar-refractivity contribution in [2.24, 2.45) is 5.41 Å². The Labute approximate surface area is 66.9 Å². The van der Waals surface area contributed by atoms with Gasteiger partial charge in [0.1, 0.15) is 0 Å². The lowest BCUT2D eigenvalue weighted by Crippen LogP contribution is -2.26. The number of carboxylic acids is 1. The lowest BCUT2D eigenvalue weighted by molar-refractivity contribution is -0.131. The summed E-state index contributed by atoms with van der Waals surface area (Å²) >= 11 is 0. The van der Waals surface area contributed by atoms with Crippen molar-refractivity contribution in [2.45, 2.75) is 32.6 Å². The monoisotopic (exact) mass is 154 g/mol. The van der Waals surface area contributed by atoms with Crippen LogP contribution >= 0.6 is 0 Å². The number of carboxylic acid groups (broad SMARTS) is 1. The Hall–Kier alpha value is -0.790. The zero-order valence-corrected chi connectivity index (χ0v) is 6.84. The Morgan fingerprint density at radius 3 is 2.55 bits per heavy atom. The van der Waals surface area contributed by atoms with E-state index in [-0.39, 0.29) is 5.41 Å². The van der Waals surface area contributed by atoms with Gasteiger partial charge in [-0.15, -0.1) is 0 Å². The summed E-state index contributed by atoms with van der Waals surface area (Å²) in [6.07, 6.45) is 7.77. The van der Waals surface area contributed by atoms with Crippen molar-refractivity contribution in [3.05, 3.63) is 12.2 Å². The van der Waals surface area contributed by atoms with E-state index >= 15 is 0 Å². The predicted molar refractivity (Wildman–Crippen MR) is 43.4 cm³/mol. The molecule has 1 aliphatic carbocycles. The van der Waals surface area contributed by atoms with E-state index in [1.807, 2.05) is 6.08 Å². The van der Waals surface area contributed by atoms with Gasteiger partial charge in [-0.25, -0.2) is 4.79 Å². The number of allylic oxidation sites excluding steroid dienone is 1. The smallest absolute Gasteiger partial charge is 0.327 e. The minimum absolute atomic E-state index is 0.235. The SMILES string of the molecule is CCC1(/C=C/C(=O)O)CCC1. The normalized spacial score (nSPS) is 21.5. The number of hydrogen-bond acceptors (Lipinski definition) is 1. The molecule has 0 atom stereocenters. The molecular weight excluding hydrogens is 140 g/mol. The zero-order chi connectivity index (χ0) is 8.32. The summed E-state index contributed by atoms with van der Waals surface area (Å²) in [6.45, 7) is 2.12. The van der Waals surface area contributed by atoms with Crippen molar-refractivity contribution in [1.82, 2.24) is 0 Å². The predicted octanol–water partition coefficient (Wildman–Crippen LogP) is 2.21. The van der Waals surface area contributed by atoms with Gasteiger partial charge in [-0.1, -0.05) is 19.4 Å². The van der Waals surface area contributed by atoms with Gasteiger partial charge in [0.2, 0.25) is 0 Å². The van der Waals surface area contributed by atoms with Gasteiger partial charge in [-0.2, -0.15) is 0 Å². The fourth-order valence-corrected chi connectivity index (χ4v) is 1.52. The number of hydrogen-bond donors (Lipinski definition) is 1. The van der Waals surface area contributed by atoms with Crippen LogP contribution in [0.2, 0.25) is 0 Å². The molecule has 0 aliphatic heterocycles. The van der Waals surface area contributed by atoms with Crippen molar-refractivity contribution in [3.63, 3.8) is 0 Å². The highest BCUT2D eigenvalue weighted by molar-refractivity contribution is 5.79. The topological polar surface area (TPSA) is 37.3 Å². The number of carbonyl (C=O) groups is 1. The van der Waals surface area contributed by atoms with Crippen LogP contribution in [0, 0.1) is 5.41 Å². The maximum atomic E-state index is 10.2. The van der Waals surface area contributed by atoms with Crippen LogP contribution in [0.4, 0.5) is 0 Å². The molecule has 11 heavy (non-hydrogen) atoms. The molecule has 0 heterocycles.